The van der Waals surface area contributed by atoms with Gasteiger partial charge >= 0.3 is 0 Å². The molecule has 0 bridgehead atoms. The number of carbonyl (C=O) groups is 2. The van der Waals surface area contributed by atoms with Crippen molar-refractivity contribution in [3.8, 4) is 5.75 Å². The zero-order valence-corrected chi connectivity index (χ0v) is 17.7. The van der Waals surface area contributed by atoms with Crippen LogP contribution in [-0.4, -0.2) is 40.8 Å². The molecule has 0 radical (unpaired) electrons. The average molecular weight is 412 g/mol. The van der Waals surface area contributed by atoms with E-state index in [0.29, 0.717) is 23.1 Å². The number of hydrogen-bond donors (Lipinski definition) is 1. The maximum absolute atomic E-state index is 12.9. The summed E-state index contributed by atoms with van der Waals surface area (Å²) in [5.74, 6) is 0.285. The second-order valence-electron chi connectivity index (χ2n) is 6.78. The lowest BCUT2D eigenvalue weighted by Gasteiger charge is -2.15. The van der Waals surface area contributed by atoms with Gasteiger partial charge in [-0.1, -0.05) is 43.0 Å². The Balaban J connectivity index is 1.74. The van der Waals surface area contributed by atoms with Gasteiger partial charge in [-0.05, 0) is 43.2 Å². The van der Waals surface area contributed by atoms with Gasteiger partial charge in [0, 0.05) is 13.0 Å². The quantitative estimate of drug-likeness (QED) is 0.734. The van der Waals surface area contributed by atoms with Crippen LogP contribution in [0.3, 0.4) is 0 Å². The molecule has 0 aromatic heterocycles. The second-order valence-corrected chi connectivity index (χ2v) is 7.95. The summed E-state index contributed by atoms with van der Waals surface area (Å²) < 4.78 is 5.27. The lowest BCUT2D eigenvalue weighted by Crippen LogP contribution is -2.34. The van der Waals surface area contributed by atoms with Gasteiger partial charge in [-0.3, -0.25) is 14.5 Å². The van der Waals surface area contributed by atoms with E-state index in [2.05, 4.69) is 10.3 Å². The Labute approximate surface area is 175 Å². The molecule has 0 aliphatic carbocycles. The molecule has 152 valence electrons. The third-order valence-corrected chi connectivity index (χ3v) is 5.62. The molecule has 2 aromatic rings. The van der Waals surface area contributed by atoms with Crippen molar-refractivity contribution in [2.24, 2.45) is 4.99 Å². The molecule has 2 amide bonds. The Bertz CT molecular complexity index is 929. The number of thioether (sulfide) groups is 1. The number of aliphatic imine (C=N–C) groups is 1. The zero-order valence-electron chi connectivity index (χ0n) is 16.8. The van der Waals surface area contributed by atoms with Gasteiger partial charge in [0.25, 0.3) is 0 Å². The Kier molecular flexibility index (Phi) is 6.93. The molecule has 1 aliphatic rings. The Morgan fingerprint density at radius 3 is 2.76 bits per heavy atom. The molecule has 1 fully saturated rings. The number of rotatable bonds is 7. The Morgan fingerprint density at radius 2 is 2.03 bits per heavy atom. The predicted molar refractivity (Wildman–Crippen MR) is 118 cm³/mol. The summed E-state index contributed by atoms with van der Waals surface area (Å²) >= 11 is 1.35. The summed E-state index contributed by atoms with van der Waals surface area (Å²) in [6, 6.07) is 15.0. The predicted octanol–water partition coefficient (Wildman–Crippen LogP) is 4.37. The standard InChI is InChI=1S/C22H25N3O3S/c1-4-12-25-21(27)19(29-22(25)23-16-9-7-8-15(2)13-16)14-20(26)24-17-10-5-6-11-18(17)28-3/h5-11,13,19H,4,12,14H2,1-3H3,(H,24,26)/t19-/m1/s1. The molecule has 1 saturated heterocycles. The number of methoxy groups -OCH3 is 1. The van der Waals surface area contributed by atoms with Crippen LogP contribution in [0.1, 0.15) is 25.3 Å². The minimum absolute atomic E-state index is 0.0709. The number of ether oxygens (including phenoxy) is 1. The minimum Gasteiger partial charge on any atom is -0.495 e. The van der Waals surface area contributed by atoms with E-state index in [1.807, 2.05) is 50.2 Å². The van der Waals surface area contributed by atoms with Crippen molar-refractivity contribution in [2.75, 3.05) is 19.0 Å². The van der Waals surface area contributed by atoms with Gasteiger partial charge in [-0.25, -0.2) is 4.99 Å². The molecule has 29 heavy (non-hydrogen) atoms. The maximum atomic E-state index is 12.9. The number of hydrogen-bond acceptors (Lipinski definition) is 5. The summed E-state index contributed by atoms with van der Waals surface area (Å²) in [5.41, 5.74) is 2.51. The molecule has 7 heteroatoms. The molecule has 6 nitrogen and oxygen atoms in total. The van der Waals surface area contributed by atoms with Crippen LogP contribution in [0.15, 0.2) is 53.5 Å². The van der Waals surface area contributed by atoms with Crippen molar-refractivity contribution in [2.45, 2.75) is 31.9 Å². The number of carbonyl (C=O) groups excluding carboxylic acids is 2. The molecule has 1 atom stereocenters. The monoisotopic (exact) mass is 411 g/mol. The first-order chi connectivity index (χ1) is 14.0. The third kappa shape index (κ3) is 5.17. The fraction of sp³-hybridized carbons (Fsp3) is 0.318. The van der Waals surface area contributed by atoms with E-state index >= 15 is 0 Å². The van der Waals surface area contributed by atoms with E-state index in [1.54, 1.807) is 24.1 Å². The Morgan fingerprint density at radius 1 is 1.24 bits per heavy atom. The number of para-hydroxylation sites is 2. The van der Waals surface area contributed by atoms with Gasteiger partial charge in [0.15, 0.2) is 5.17 Å². The molecule has 3 rings (SSSR count). The van der Waals surface area contributed by atoms with E-state index < -0.39 is 5.25 Å². The first-order valence-electron chi connectivity index (χ1n) is 9.58. The van der Waals surface area contributed by atoms with Crippen LogP contribution in [-0.2, 0) is 9.59 Å². The fourth-order valence-corrected chi connectivity index (χ4v) is 4.26. The zero-order chi connectivity index (χ0) is 20.8. The van der Waals surface area contributed by atoms with Gasteiger partial charge in [-0.15, -0.1) is 0 Å². The normalized spacial score (nSPS) is 17.6. The minimum atomic E-state index is -0.486. The number of nitrogens with one attached hydrogen (secondary N) is 1. The number of aryl methyl sites for hydroxylation is 1. The van der Waals surface area contributed by atoms with Gasteiger partial charge in [0.1, 0.15) is 11.0 Å². The lowest BCUT2D eigenvalue weighted by atomic mass is 10.2. The number of amides is 2. The van der Waals surface area contributed by atoms with E-state index in [-0.39, 0.29) is 18.2 Å². The van der Waals surface area contributed by atoms with E-state index in [1.165, 1.54) is 11.8 Å². The summed E-state index contributed by atoms with van der Waals surface area (Å²) in [4.78, 5) is 31.8. The summed E-state index contributed by atoms with van der Waals surface area (Å²) in [5, 5.41) is 3.00. The van der Waals surface area contributed by atoms with Crippen molar-refractivity contribution >= 4 is 40.1 Å². The average Bonchev–Trinajstić information content (AvgIpc) is 2.97. The smallest absolute Gasteiger partial charge is 0.242 e. The molecule has 1 N–H and O–H groups in total. The van der Waals surface area contributed by atoms with Crippen LogP contribution >= 0.6 is 11.8 Å². The highest BCUT2D eigenvalue weighted by atomic mass is 32.2. The molecule has 0 spiro atoms. The van der Waals surface area contributed by atoms with Crippen molar-refractivity contribution in [1.82, 2.24) is 4.90 Å². The van der Waals surface area contributed by atoms with Crippen molar-refractivity contribution in [3.63, 3.8) is 0 Å². The number of nitrogens with zero attached hydrogens (tertiary/aromatic N) is 2. The topological polar surface area (TPSA) is 71.0 Å². The highest BCUT2D eigenvalue weighted by Gasteiger charge is 2.38. The summed E-state index contributed by atoms with van der Waals surface area (Å²) in [6.07, 6.45) is 0.897. The molecule has 2 aromatic carbocycles. The number of anilines is 1. The SMILES string of the molecule is CCCN1C(=O)[C@@H](CC(=O)Nc2ccccc2OC)SC1=Nc1cccc(C)c1. The first-order valence-corrected chi connectivity index (χ1v) is 10.5. The van der Waals surface area contributed by atoms with Crippen LogP contribution < -0.4 is 10.1 Å². The molecular weight excluding hydrogens is 386 g/mol. The first kappa shape index (κ1) is 20.9. The second kappa shape index (κ2) is 9.60. The van der Waals surface area contributed by atoms with Crippen molar-refractivity contribution in [1.29, 1.82) is 0 Å². The maximum Gasteiger partial charge on any atom is 0.242 e. The summed E-state index contributed by atoms with van der Waals surface area (Å²) in [7, 11) is 1.55. The van der Waals surface area contributed by atoms with Gasteiger partial charge in [0.2, 0.25) is 11.8 Å². The highest BCUT2D eigenvalue weighted by molar-refractivity contribution is 8.15. The molecule has 0 unspecified atom stereocenters. The van der Waals surface area contributed by atoms with E-state index in [9.17, 15) is 9.59 Å². The molecule has 1 heterocycles. The lowest BCUT2D eigenvalue weighted by molar-refractivity contribution is -0.128. The van der Waals surface area contributed by atoms with Crippen LogP contribution in [0.2, 0.25) is 0 Å². The van der Waals surface area contributed by atoms with Crippen LogP contribution in [0.25, 0.3) is 0 Å². The van der Waals surface area contributed by atoms with Crippen molar-refractivity contribution in [3.05, 3.63) is 54.1 Å². The van der Waals surface area contributed by atoms with Gasteiger partial charge in [-0.2, -0.15) is 0 Å². The van der Waals surface area contributed by atoms with E-state index in [4.69, 9.17) is 4.74 Å². The van der Waals surface area contributed by atoms with Crippen LogP contribution in [0.4, 0.5) is 11.4 Å². The van der Waals surface area contributed by atoms with Gasteiger partial charge in [0.05, 0.1) is 18.5 Å². The van der Waals surface area contributed by atoms with Gasteiger partial charge < -0.3 is 10.1 Å². The third-order valence-electron chi connectivity index (χ3n) is 4.45. The number of benzene rings is 2. The summed E-state index contributed by atoms with van der Waals surface area (Å²) in [6.45, 7) is 4.61. The van der Waals surface area contributed by atoms with E-state index in [0.717, 1.165) is 17.7 Å². The largest absolute Gasteiger partial charge is 0.495 e. The molecular formula is C22H25N3O3S. The van der Waals surface area contributed by atoms with Crippen LogP contribution in [0.5, 0.6) is 5.75 Å². The molecule has 0 saturated carbocycles. The number of amidine groups is 1. The van der Waals surface area contributed by atoms with Crippen molar-refractivity contribution < 1.29 is 14.3 Å². The molecule has 1 aliphatic heterocycles. The van der Waals surface area contributed by atoms with Crippen LogP contribution in [0, 0.1) is 6.92 Å². The highest BCUT2D eigenvalue weighted by Crippen LogP contribution is 2.32. The fourth-order valence-electron chi connectivity index (χ4n) is 3.08. The Hall–Kier alpha value is -2.80.